The predicted octanol–water partition coefficient (Wildman–Crippen LogP) is 3.36. The Kier molecular flexibility index (Phi) is 4.81. The van der Waals surface area contributed by atoms with E-state index in [-0.39, 0.29) is 5.91 Å². The minimum atomic E-state index is -0.0863. The van der Waals surface area contributed by atoms with Gasteiger partial charge in [0.15, 0.2) is 5.65 Å². The molecular weight excluding hydrogens is 324 g/mol. The van der Waals surface area contributed by atoms with Crippen molar-refractivity contribution in [2.45, 2.75) is 20.3 Å². The first-order chi connectivity index (χ1) is 11.5. The third-order valence-corrected chi connectivity index (χ3v) is 3.93. The molecule has 0 saturated heterocycles. The molecule has 0 atom stereocenters. The van der Waals surface area contributed by atoms with Crippen molar-refractivity contribution in [3.63, 3.8) is 0 Å². The summed E-state index contributed by atoms with van der Waals surface area (Å²) in [6, 6.07) is 11.2. The number of aromatic nitrogens is 3. The van der Waals surface area contributed by atoms with Crippen LogP contribution in [0, 0.1) is 5.92 Å². The van der Waals surface area contributed by atoms with E-state index in [4.69, 9.17) is 11.6 Å². The predicted molar refractivity (Wildman–Crippen MR) is 94.4 cm³/mol. The lowest BCUT2D eigenvalue weighted by molar-refractivity contribution is 0.0948. The zero-order valence-corrected chi connectivity index (χ0v) is 14.4. The summed E-state index contributed by atoms with van der Waals surface area (Å²) in [6.07, 6.45) is 2.41. The van der Waals surface area contributed by atoms with Crippen molar-refractivity contribution in [2.75, 3.05) is 6.54 Å². The topological polar surface area (TPSA) is 59.3 Å². The van der Waals surface area contributed by atoms with Crippen molar-refractivity contribution in [3.8, 4) is 0 Å². The summed E-state index contributed by atoms with van der Waals surface area (Å²) in [5.41, 5.74) is 2.41. The van der Waals surface area contributed by atoms with E-state index in [1.54, 1.807) is 12.3 Å². The molecule has 1 aromatic carbocycles. The number of fused-ring (bicyclic) bond motifs is 1. The zero-order chi connectivity index (χ0) is 17.1. The molecule has 0 unspecified atom stereocenters. The van der Waals surface area contributed by atoms with E-state index < -0.39 is 0 Å². The molecule has 0 aliphatic heterocycles. The Labute approximate surface area is 145 Å². The van der Waals surface area contributed by atoms with Crippen molar-refractivity contribution in [1.82, 2.24) is 19.9 Å². The number of carbonyl (C=O) groups excluding carboxylic acids is 1. The van der Waals surface area contributed by atoms with Gasteiger partial charge in [-0.1, -0.05) is 37.6 Å². The van der Waals surface area contributed by atoms with Gasteiger partial charge in [0, 0.05) is 24.2 Å². The summed E-state index contributed by atoms with van der Waals surface area (Å²) in [5.74, 6) is 1.11. The van der Waals surface area contributed by atoms with Crippen LogP contribution >= 0.6 is 11.6 Å². The third kappa shape index (κ3) is 3.74. The highest BCUT2D eigenvalue weighted by molar-refractivity contribution is 6.30. The molecule has 0 aliphatic carbocycles. The molecule has 1 amide bonds. The molecule has 0 radical (unpaired) electrons. The Morgan fingerprint density at radius 1 is 1.17 bits per heavy atom. The van der Waals surface area contributed by atoms with Crippen LogP contribution < -0.4 is 5.32 Å². The number of hydrogen-bond acceptors (Lipinski definition) is 3. The molecule has 6 heteroatoms. The number of rotatable bonds is 5. The number of hydrogen-bond donors (Lipinski definition) is 1. The van der Waals surface area contributed by atoms with Gasteiger partial charge in [-0.05, 0) is 35.7 Å². The lowest BCUT2D eigenvalue weighted by atomic mass is 10.1. The number of pyridine rings is 1. The highest BCUT2D eigenvalue weighted by Gasteiger charge is 2.11. The van der Waals surface area contributed by atoms with Crippen LogP contribution in [0.15, 0.2) is 42.6 Å². The third-order valence-electron chi connectivity index (χ3n) is 3.68. The normalized spacial score (nSPS) is 11.2. The molecular formula is C18H19ClN4O. The lowest BCUT2D eigenvalue weighted by Gasteiger charge is -2.08. The monoisotopic (exact) mass is 342 g/mol. The van der Waals surface area contributed by atoms with Crippen molar-refractivity contribution in [1.29, 1.82) is 0 Å². The van der Waals surface area contributed by atoms with Gasteiger partial charge in [-0.25, -0.2) is 0 Å². The van der Waals surface area contributed by atoms with E-state index in [9.17, 15) is 4.79 Å². The lowest BCUT2D eigenvalue weighted by Crippen LogP contribution is -2.27. The van der Waals surface area contributed by atoms with E-state index >= 15 is 0 Å². The molecule has 2 heterocycles. The van der Waals surface area contributed by atoms with E-state index in [1.165, 1.54) is 0 Å². The molecule has 0 fully saturated rings. The van der Waals surface area contributed by atoms with Crippen molar-refractivity contribution >= 4 is 23.2 Å². The highest BCUT2D eigenvalue weighted by Crippen LogP contribution is 2.14. The van der Waals surface area contributed by atoms with Crippen LogP contribution in [-0.2, 0) is 6.42 Å². The molecule has 3 rings (SSSR count). The molecule has 3 aromatic rings. The number of nitrogens with one attached hydrogen (secondary N) is 1. The van der Waals surface area contributed by atoms with E-state index in [2.05, 4.69) is 29.4 Å². The number of halogens is 1. The summed E-state index contributed by atoms with van der Waals surface area (Å²) in [5, 5.41) is 12.0. The average Bonchev–Trinajstić information content (AvgIpc) is 2.97. The smallest absolute Gasteiger partial charge is 0.252 e. The molecule has 24 heavy (non-hydrogen) atoms. The Morgan fingerprint density at radius 2 is 1.92 bits per heavy atom. The second-order valence-corrected chi connectivity index (χ2v) is 6.61. The quantitative estimate of drug-likeness (QED) is 0.773. The summed E-state index contributed by atoms with van der Waals surface area (Å²) >= 11 is 5.92. The van der Waals surface area contributed by atoms with E-state index in [1.807, 2.05) is 34.7 Å². The number of benzene rings is 1. The Morgan fingerprint density at radius 3 is 2.62 bits per heavy atom. The summed E-state index contributed by atoms with van der Waals surface area (Å²) in [4.78, 5) is 12.2. The van der Waals surface area contributed by atoms with Gasteiger partial charge in [0.05, 0.1) is 5.56 Å². The number of nitrogens with zero attached hydrogens (tertiary/aromatic N) is 3. The van der Waals surface area contributed by atoms with Crippen LogP contribution in [0.5, 0.6) is 0 Å². The fraction of sp³-hybridized carbons (Fsp3) is 0.278. The maximum atomic E-state index is 12.2. The van der Waals surface area contributed by atoms with Crippen molar-refractivity contribution < 1.29 is 4.79 Å². The second kappa shape index (κ2) is 7.01. The Balaban J connectivity index is 1.85. The molecule has 0 spiro atoms. The minimum absolute atomic E-state index is 0.0863. The molecule has 0 saturated carbocycles. The molecule has 0 aliphatic rings. The summed E-state index contributed by atoms with van der Waals surface area (Å²) in [6.45, 7) is 4.78. The minimum Gasteiger partial charge on any atom is -0.352 e. The number of amides is 1. The molecule has 124 valence electrons. The van der Waals surface area contributed by atoms with Crippen LogP contribution in [-0.4, -0.2) is 27.0 Å². The maximum Gasteiger partial charge on any atom is 0.252 e. The highest BCUT2D eigenvalue weighted by atomic mass is 35.5. The Bertz CT molecular complexity index is 855. The fourth-order valence-corrected chi connectivity index (χ4v) is 2.50. The van der Waals surface area contributed by atoms with Crippen LogP contribution in [0.3, 0.4) is 0 Å². The average molecular weight is 343 g/mol. The summed E-state index contributed by atoms with van der Waals surface area (Å²) in [7, 11) is 0. The van der Waals surface area contributed by atoms with Crippen LogP contribution in [0.1, 0.15) is 35.6 Å². The summed E-state index contributed by atoms with van der Waals surface area (Å²) < 4.78 is 1.86. The fourth-order valence-electron chi connectivity index (χ4n) is 2.38. The molecule has 2 aromatic heterocycles. The first-order valence-electron chi connectivity index (χ1n) is 7.89. The van der Waals surface area contributed by atoms with E-state index in [0.29, 0.717) is 29.5 Å². The van der Waals surface area contributed by atoms with Gasteiger partial charge >= 0.3 is 0 Å². The van der Waals surface area contributed by atoms with Gasteiger partial charge in [0.25, 0.3) is 5.91 Å². The number of carbonyl (C=O) groups is 1. The van der Waals surface area contributed by atoms with Gasteiger partial charge in [-0.15, -0.1) is 10.2 Å². The first kappa shape index (κ1) is 16.5. The van der Waals surface area contributed by atoms with Crippen molar-refractivity contribution in [2.24, 2.45) is 5.92 Å². The van der Waals surface area contributed by atoms with Crippen molar-refractivity contribution in [3.05, 3.63) is 64.6 Å². The van der Waals surface area contributed by atoms with Crippen LogP contribution in [0.4, 0.5) is 0 Å². The standard InChI is InChI=1S/C18H19ClN4O/c1-12(2)10-20-18(24)14-5-8-16-21-22-17(23(16)11-14)9-13-3-6-15(19)7-4-13/h3-8,11-12H,9-10H2,1-2H3,(H,20,24). The second-order valence-electron chi connectivity index (χ2n) is 6.17. The first-order valence-corrected chi connectivity index (χ1v) is 8.27. The zero-order valence-electron chi connectivity index (χ0n) is 13.7. The van der Waals surface area contributed by atoms with E-state index in [0.717, 1.165) is 17.0 Å². The largest absolute Gasteiger partial charge is 0.352 e. The molecule has 1 N–H and O–H groups in total. The van der Waals surface area contributed by atoms with Gasteiger partial charge in [0.1, 0.15) is 5.82 Å². The maximum absolute atomic E-state index is 12.2. The van der Waals surface area contributed by atoms with Gasteiger partial charge in [-0.3, -0.25) is 9.20 Å². The Hall–Kier alpha value is -2.40. The van der Waals surface area contributed by atoms with Crippen LogP contribution in [0.25, 0.3) is 5.65 Å². The van der Waals surface area contributed by atoms with Gasteiger partial charge < -0.3 is 5.32 Å². The molecule has 0 bridgehead atoms. The van der Waals surface area contributed by atoms with Gasteiger partial charge in [-0.2, -0.15) is 0 Å². The molecule has 5 nitrogen and oxygen atoms in total. The SMILES string of the molecule is CC(C)CNC(=O)c1ccc2nnc(Cc3ccc(Cl)cc3)n2c1. The van der Waals surface area contributed by atoms with Gasteiger partial charge in [0.2, 0.25) is 0 Å². The van der Waals surface area contributed by atoms with Crippen LogP contribution in [0.2, 0.25) is 5.02 Å².